The Bertz CT molecular complexity index is 1320. The van der Waals surface area contributed by atoms with Crippen LogP contribution in [0.1, 0.15) is 24.3 Å². The summed E-state index contributed by atoms with van der Waals surface area (Å²) in [6.45, 7) is 3.25. The quantitative estimate of drug-likeness (QED) is 0.497. The highest BCUT2D eigenvalue weighted by Crippen LogP contribution is 2.37. The molecule has 0 aliphatic carbocycles. The van der Waals surface area contributed by atoms with E-state index in [9.17, 15) is 18.7 Å². The molecule has 1 heterocycles. The molecule has 3 aromatic carbocycles. The average Bonchev–Trinajstić information content (AvgIpc) is 2.70. The molecule has 0 aliphatic heterocycles. The molecule has 0 saturated heterocycles. The predicted octanol–water partition coefficient (Wildman–Crippen LogP) is 5.02. The topological polar surface area (TPSA) is 75.2 Å². The summed E-state index contributed by atoms with van der Waals surface area (Å²) in [4.78, 5) is 18.9. The molecule has 4 rings (SSSR count). The number of hydrogen-bond acceptors (Lipinski definition) is 4. The maximum atomic E-state index is 14.1. The van der Waals surface area contributed by atoms with Crippen LogP contribution in [0.15, 0.2) is 59.4 Å². The molecule has 0 spiro atoms. The van der Waals surface area contributed by atoms with Crippen LogP contribution < -0.4 is 10.3 Å². The Hall–Kier alpha value is -3.58. The number of aliphatic hydroxyl groups excluding tert-OH is 1. The van der Waals surface area contributed by atoms with Gasteiger partial charge in [-0.2, -0.15) is 0 Å². The lowest BCUT2D eigenvalue weighted by molar-refractivity contribution is 0.199. The van der Waals surface area contributed by atoms with Gasteiger partial charge in [-0.1, -0.05) is 12.1 Å². The van der Waals surface area contributed by atoms with Crippen LogP contribution in [0.3, 0.4) is 0 Å². The van der Waals surface area contributed by atoms with E-state index < -0.39 is 17.7 Å². The third-order valence-corrected chi connectivity index (χ3v) is 4.77. The zero-order valence-electron chi connectivity index (χ0n) is 16.2. The van der Waals surface area contributed by atoms with Gasteiger partial charge in [-0.05, 0) is 61.4 Å². The second kappa shape index (κ2) is 7.68. The van der Waals surface area contributed by atoms with E-state index in [1.807, 2.05) is 0 Å². The number of nitrogens with one attached hydrogen (secondary N) is 1. The van der Waals surface area contributed by atoms with Gasteiger partial charge in [0.1, 0.15) is 17.3 Å². The van der Waals surface area contributed by atoms with Crippen molar-refractivity contribution >= 4 is 11.0 Å². The summed E-state index contributed by atoms with van der Waals surface area (Å²) in [5, 5.41) is 9.99. The highest BCUT2D eigenvalue weighted by atomic mass is 19.1. The van der Waals surface area contributed by atoms with Crippen molar-refractivity contribution in [2.45, 2.75) is 20.0 Å². The number of aryl methyl sites for hydroxylation is 1. The minimum absolute atomic E-state index is 0.124. The molecule has 5 nitrogen and oxygen atoms in total. The minimum atomic E-state index is -0.825. The molecule has 1 aromatic heterocycles. The van der Waals surface area contributed by atoms with Crippen molar-refractivity contribution in [1.29, 1.82) is 0 Å². The normalized spacial score (nSPS) is 12.2. The van der Waals surface area contributed by atoms with Gasteiger partial charge in [0.2, 0.25) is 0 Å². The lowest BCUT2D eigenvalue weighted by atomic mass is 9.99. The van der Waals surface area contributed by atoms with E-state index in [2.05, 4.69) is 9.97 Å². The highest BCUT2D eigenvalue weighted by Gasteiger charge is 2.15. The summed E-state index contributed by atoms with van der Waals surface area (Å²) in [7, 11) is 0. The fourth-order valence-corrected chi connectivity index (χ4v) is 3.14. The Morgan fingerprint density at radius 2 is 1.80 bits per heavy atom. The average molecular weight is 408 g/mol. The number of H-pyrrole nitrogens is 1. The molecule has 0 saturated carbocycles. The Kier molecular flexibility index (Phi) is 5.05. The molecule has 0 fully saturated rings. The first kappa shape index (κ1) is 19.7. The number of aromatic nitrogens is 2. The summed E-state index contributed by atoms with van der Waals surface area (Å²) in [5.41, 5.74) is 3.15. The predicted molar refractivity (Wildman–Crippen MR) is 110 cm³/mol. The van der Waals surface area contributed by atoms with Crippen LogP contribution in [-0.4, -0.2) is 15.1 Å². The van der Waals surface area contributed by atoms with Crippen LogP contribution in [0, 0.1) is 18.6 Å². The molecular formula is C23H18F2N2O3. The molecule has 0 amide bonds. The standard InChI is InChI=1S/C23H18F2N2O3/c1-12-23(29)27-19-6-3-15(10-20(19)26-12)17-9-14(13(2)28)4-7-21(17)30-22-8-5-16(24)11-18(22)25/h3-11,13,28H,1-2H3,(H,27,29). The van der Waals surface area contributed by atoms with E-state index >= 15 is 0 Å². The third-order valence-electron chi connectivity index (χ3n) is 4.77. The second-order valence-electron chi connectivity index (χ2n) is 6.99. The summed E-state index contributed by atoms with van der Waals surface area (Å²) in [5.74, 6) is -1.32. The van der Waals surface area contributed by atoms with Crippen molar-refractivity contribution in [1.82, 2.24) is 9.97 Å². The van der Waals surface area contributed by atoms with Crippen LogP contribution in [-0.2, 0) is 0 Å². The molecule has 30 heavy (non-hydrogen) atoms. The molecular weight excluding hydrogens is 390 g/mol. The largest absolute Gasteiger partial charge is 0.454 e. The SMILES string of the molecule is Cc1nc2cc(-c3cc(C(C)O)ccc3Oc3ccc(F)cc3F)ccc2[nH]c1=O. The van der Waals surface area contributed by atoms with Crippen LogP contribution in [0.4, 0.5) is 8.78 Å². The summed E-state index contributed by atoms with van der Waals surface area (Å²) < 4.78 is 33.1. The molecule has 0 bridgehead atoms. The Morgan fingerprint density at radius 1 is 1.03 bits per heavy atom. The lowest BCUT2D eigenvalue weighted by Gasteiger charge is -2.15. The molecule has 0 radical (unpaired) electrons. The van der Waals surface area contributed by atoms with E-state index in [1.165, 1.54) is 6.07 Å². The van der Waals surface area contributed by atoms with Gasteiger partial charge < -0.3 is 14.8 Å². The Labute approximate surface area is 170 Å². The van der Waals surface area contributed by atoms with E-state index in [-0.39, 0.29) is 11.3 Å². The van der Waals surface area contributed by atoms with Crippen molar-refractivity contribution in [3.63, 3.8) is 0 Å². The van der Waals surface area contributed by atoms with Gasteiger partial charge in [-0.15, -0.1) is 0 Å². The third kappa shape index (κ3) is 3.79. The number of fused-ring (bicyclic) bond motifs is 1. The Balaban J connectivity index is 1.86. The fraction of sp³-hybridized carbons (Fsp3) is 0.130. The molecule has 2 N–H and O–H groups in total. The molecule has 1 unspecified atom stereocenters. The monoisotopic (exact) mass is 408 g/mol. The maximum Gasteiger partial charge on any atom is 0.269 e. The number of ether oxygens (including phenoxy) is 1. The summed E-state index contributed by atoms with van der Waals surface area (Å²) in [6.07, 6.45) is -0.725. The molecule has 152 valence electrons. The number of aromatic amines is 1. The number of hydrogen-bond donors (Lipinski definition) is 2. The fourth-order valence-electron chi connectivity index (χ4n) is 3.14. The maximum absolute atomic E-state index is 14.1. The number of rotatable bonds is 4. The smallest absolute Gasteiger partial charge is 0.269 e. The first-order valence-electron chi connectivity index (χ1n) is 9.28. The Morgan fingerprint density at radius 3 is 2.53 bits per heavy atom. The summed E-state index contributed by atoms with van der Waals surface area (Å²) >= 11 is 0. The van der Waals surface area contributed by atoms with Crippen molar-refractivity contribution in [3.8, 4) is 22.6 Å². The van der Waals surface area contributed by atoms with Crippen LogP contribution >= 0.6 is 0 Å². The van der Waals surface area contributed by atoms with Crippen LogP contribution in [0.25, 0.3) is 22.2 Å². The zero-order chi connectivity index (χ0) is 21.4. The molecule has 1 atom stereocenters. The van der Waals surface area contributed by atoms with E-state index in [1.54, 1.807) is 50.2 Å². The van der Waals surface area contributed by atoms with Crippen molar-refractivity contribution in [2.24, 2.45) is 0 Å². The van der Waals surface area contributed by atoms with Crippen molar-refractivity contribution in [3.05, 3.63) is 87.8 Å². The highest BCUT2D eigenvalue weighted by molar-refractivity contribution is 5.83. The molecule has 4 aromatic rings. The lowest BCUT2D eigenvalue weighted by Crippen LogP contribution is -2.11. The number of aliphatic hydroxyl groups is 1. The van der Waals surface area contributed by atoms with Gasteiger partial charge in [0.15, 0.2) is 11.6 Å². The summed E-state index contributed by atoms with van der Waals surface area (Å²) in [6, 6.07) is 13.4. The van der Waals surface area contributed by atoms with Crippen molar-refractivity contribution in [2.75, 3.05) is 0 Å². The molecule has 0 aliphatic rings. The van der Waals surface area contributed by atoms with E-state index in [4.69, 9.17) is 4.74 Å². The second-order valence-corrected chi connectivity index (χ2v) is 6.99. The van der Waals surface area contributed by atoms with Gasteiger partial charge in [0.25, 0.3) is 5.56 Å². The molecule has 7 heteroatoms. The number of nitrogens with zero attached hydrogens (tertiary/aromatic N) is 1. The number of benzene rings is 3. The van der Waals surface area contributed by atoms with Gasteiger partial charge >= 0.3 is 0 Å². The number of halogens is 2. The first-order chi connectivity index (χ1) is 14.3. The van der Waals surface area contributed by atoms with E-state index in [0.29, 0.717) is 39.2 Å². The zero-order valence-corrected chi connectivity index (χ0v) is 16.2. The minimum Gasteiger partial charge on any atom is -0.454 e. The van der Waals surface area contributed by atoms with Crippen LogP contribution in [0.5, 0.6) is 11.5 Å². The van der Waals surface area contributed by atoms with Crippen molar-refractivity contribution < 1.29 is 18.6 Å². The van der Waals surface area contributed by atoms with Crippen LogP contribution in [0.2, 0.25) is 0 Å². The van der Waals surface area contributed by atoms with Gasteiger partial charge in [-0.3, -0.25) is 4.79 Å². The van der Waals surface area contributed by atoms with Gasteiger partial charge in [0, 0.05) is 11.6 Å². The van der Waals surface area contributed by atoms with Gasteiger partial charge in [0.05, 0.1) is 17.1 Å². The van der Waals surface area contributed by atoms with E-state index in [0.717, 1.165) is 12.1 Å². The van der Waals surface area contributed by atoms with Gasteiger partial charge in [-0.25, -0.2) is 13.8 Å². The first-order valence-corrected chi connectivity index (χ1v) is 9.28.